The van der Waals surface area contributed by atoms with Gasteiger partial charge in [0.05, 0.1) is 22.3 Å². The highest BCUT2D eigenvalue weighted by Crippen LogP contribution is 2.44. The van der Waals surface area contributed by atoms with Gasteiger partial charge in [-0.1, -0.05) is 133 Å². The molecule has 0 saturated heterocycles. The van der Waals surface area contributed by atoms with Gasteiger partial charge in [-0.3, -0.25) is 0 Å². The van der Waals surface area contributed by atoms with E-state index in [0.29, 0.717) is 22.3 Å². The van der Waals surface area contributed by atoms with Gasteiger partial charge in [-0.25, -0.2) is 19.2 Å². The Morgan fingerprint density at radius 2 is 0.556 bits per heavy atom. The molecule has 8 aromatic rings. The van der Waals surface area contributed by atoms with Gasteiger partial charge in [-0.15, -0.1) is 0 Å². The molecule has 0 amide bonds. The first-order chi connectivity index (χ1) is 26.4. The summed E-state index contributed by atoms with van der Waals surface area (Å²) >= 11 is 0. The van der Waals surface area contributed by atoms with Crippen LogP contribution in [-0.4, -0.2) is 23.9 Å². The molecule has 0 spiro atoms. The molecule has 6 nitrogen and oxygen atoms in total. The van der Waals surface area contributed by atoms with E-state index in [1.54, 1.807) is 24.3 Å². The first-order valence-corrected chi connectivity index (χ1v) is 17.5. The number of hydrogen-bond acceptors (Lipinski definition) is 6. The minimum atomic E-state index is -0.745. The van der Waals surface area contributed by atoms with Gasteiger partial charge < -0.3 is 9.47 Å². The molecule has 6 heteroatoms. The molecular formula is C48H26O6. The van der Waals surface area contributed by atoms with Crippen LogP contribution in [0.25, 0.3) is 77.2 Å². The van der Waals surface area contributed by atoms with Crippen molar-refractivity contribution in [1.82, 2.24) is 0 Å². The van der Waals surface area contributed by atoms with Gasteiger partial charge in [0.1, 0.15) is 0 Å². The van der Waals surface area contributed by atoms with Gasteiger partial charge in [0.15, 0.2) is 0 Å². The lowest BCUT2D eigenvalue weighted by atomic mass is 9.84. The van der Waals surface area contributed by atoms with E-state index < -0.39 is 23.9 Å². The molecule has 2 aliphatic heterocycles. The zero-order valence-corrected chi connectivity index (χ0v) is 28.5. The highest BCUT2D eigenvalue weighted by molar-refractivity contribution is 6.19. The number of fused-ring (bicyclic) bond motifs is 4. The van der Waals surface area contributed by atoms with Gasteiger partial charge in [-0.05, 0) is 101 Å². The Hall–Kier alpha value is -7.44. The molecule has 0 atom stereocenters. The second-order valence-electron chi connectivity index (χ2n) is 13.4. The molecular weight excluding hydrogens is 673 g/mol. The van der Waals surface area contributed by atoms with Crippen molar-refractivity contribution in [3.05, 3.63) is 180 Å². The standard InChI is InChI=1S/C48H26O6/c49-45-41-23-37(31-19-15-29(16-20-31)35-13-5-9-27-7-1-3-11-33(27)35)39(25-43(41)47(51)53-45)40-26-44-42(46(50)54-48(44)52)24-38(40)32-21-17-30(18-22-32)36-14-6-10-28-8-2-4-12-34(28)36/h1-26H. The second-order valence-corrected chi connectivity index (χ2v) is 13.4. The quantitative estimate of drug-likeness (QED) is 0.131. The normalized spacial score (nSPS) is 13.3. The Bertz CT molecular complexity index is 2730. The fourth-order valence-corrected chi connectivity index (χ4v) is 7.80. The zero-order chi connectivity index (χ0) is 36.5. The van der Waals surface area contributed by atoms with Crippen molar-refractivity contribution < 1.29 is 28.7 Å². The van der Waals surface area contributed by atoms with Crippen LogP contribution in [0.5, 0.6) is 0 Å². The molecule has 8 aromatic carbocycles. The van der Waals surface area contributed by atoms with Crippen LogP contribution < -0.4 is 0 Å². The third-order valence-electron chi connectivity index (χ3n) is 10.4. The van der Waals surface area contributed by atoms with Gasteiger partial charge in [0.25, 0.3) is 0 Å². The lowest BCUT2D eigenvalue weighted by Crippen LogP contribution is -2.00. The summed E-state index contributed by atoms with van der Waals surface area (Å²) in [6.07, 6.45) is 0. The largest absolute Gasteiger partial charge is 0.386 e. The molecule has 0 aliphatic carbocycles. The van der Waals surface area contributed by atoms with Crippen LogP contribution in [0.15, 0.2) is 158 Å². The third-order valence-corrected chi connectivity index (χ3v) is 10.4. The number of esters is 4. The SMILES string of the molecule is O=C1OC(=O)c2cc(-c3cc4c(cc3-c3ccc(-c5cccc6ccccc56)cc3)C(=O)OC4=O)c(-c3ccc(-c4cccc5ccccc45)cc3)cc21. The van der Waals surface area contributed by atoms with Crippen LogP contribution in [-0.2, 0) is 9.47 Å². The Morgan fingerprint density at radius 3 is 0.926 bits per heavy atom. The maximum absolute atomic E-state index is 13.0. The molecule has 2 heterocycles. The Labute approximate surface area is 308 Å². The summed E-state index contributed by atoms with van der Waals surface area (Å²) in [5.74, 6) is -2.93. The zero-order valence-electron chi connectivity index (χ0n) is 28.5. The van der Waals surface area contributed by atoms with Gasteiger partial charge in [0, 0.05) is 0 Å². The Morgan fingerprint density at radius 1 is 0.259 bits per heavy atom. The number of rotatable bonds is 5. The highest BCUT2D eigenvalue weighted by atomic mass is 16.6. The molecule has 0 unspecified atom stereocenters. The molecule has 54 heavy (non-hydrogen) atoms. The minimum Gasteiger partial charge on any atom is -0.386 e. The number of carbonyl (C=O) groups is 4. The van der Waals surface area contributed by atoms with Crippen molar-refractivity contribution in [2.24, 2.45) is 0 Å². The lowest BCUT2D eigenvalue weighted by Gasteiger charge is -2.17. The number of carbonyl (C=O) groups excluding carboxylic acids is 4. The third kappa shape index (κ3) is 4.96. The summed E-state index contributed by atoms with van der Waals surface area (Å²) in [4.78, 5) is 51.7. The average Bonchev–Trinajstić information content (AvgIpc) is 3.66. The van der Waals surface area contributed by atoms with Crippen LogP contribution in [0.3, 0.4) is 0 Å². The fraction of sp³-hybridized carbons (Fsp3) is 0. The average molecular weight is 699 g/mol. The van der Waals surface area contributed by atoms with Crippen LogP contribution in [0, 0.1) is 0 Å². The molecule has 0 radical (unpaired) electrons. The van der Waals surface area contributed by atoms with Crippen molar-refractivity contribution in [1.29, 1.82) is 0 Å². The number of benzene rings is 8. The molecule has 10 rings (SSSR count). The highest BCUT2D eigenvalue weighted by Gasteiger charge is 2.35. The molecule has 0 saturated carbocycles. The van der Waals surface area contributed by atoms with E-state index in [2.05, 4.69) is 48.5 Å². The van der Waals surface area contributed by atoms with Crippen LogP contribution in [0.1, 0.15) is 41.4 Å². The van der Waals surface area contributed by atoms with Crippen LogP contribution >= 0.6 is 0 Å². The number of ether oxygens (including phenoxy) is 2. The van der Waals surface area contributed by atoms with E-state index in [0.717, 1.165) is 54.9 Å². The van der Waals surface area contributed by atoms with Gasteiger partial charge in [-0.2, -0.15) is 0 Å². The molecule has 0 fully saturated rings. The van der Waals surface area contributed by atoms with Crippen molar-refractivity contribution in [3.8, 4) is 55.6 Å². The summed E-state index contributed by atoms with van der Waals surface area (Å²) in [5.41, 5.74) is 8.79. The van der Waals surface area contributed by atoms with E-state index in [1.165, 1.54) is 0 Å². The van der Waals surface area contributed by atoms with E-state index in [-0.39, 0.29) is 22.3 Å². The first kappa shape index (κ1) is 31.3. The van der Waals surface area contributed by atoms with Crippen molar-refractivity contribution in [2.45, 2.75) is 0 Å². The molecule has 0 bridgehead atoms. The molecule has 0 aromatic heterocycles. The van der Waals surface area contributed by atoms with Crippen molar-refractivity contribution >= 4 is 45.4 Å². The summed E-state index contributed by atoms with van der Waals surface area (Å²) in [6.45, 7) is 0. The molecule has 0 N–H and O–H groups in total. The van der Waals surface area contributed by atoms with Gasteiger partial charge >= 0.3 is 23.9 Å². The van der Waals surface area contributed by atoms with Crippen molar-refractivity contribution in [3.63, 3.8) is 0 Å². The van der Waals surface area contributed by atoms with E-state index in [4.69, 9.17) is 9.47 Å². The second kappa shape index (κ2) is 12.1. The monoisotopic (exact) mass is 698 g/mol. The minimum absolute atomic E-state index is 0.127. The maximum Gasteiger partial charge on any atom is 0.346 e. The number of hydrogen-bond donors (Lipinski definition) is 0. The summed E-state index contributed by atoms with van der Waals surface area (Å²) < 4.78 is 10.1. The summed E-state index contributed by atoms with van der Waals surface area (Å²) in [7, 11) is 0. The Balaban J connectivity index is 1.16. The van der Waals surface area contributed by atoms with E-state index in [9.17, 15) is 19.2 Å². The van der Waals surface area contributed by atoms with E-state index in [1.807, 2.05) is 84.9 Å². The van der Waals surface area contributed by atoms with E-state index >= 15 is 0 Å². The maximum atomic E-state index is 13.0. The smallest absolute Gasteiger partial charge is 0.346 e. The number of cyclic esters (lactones) is 4. The van der Waals surface area contributed by atoms with Gasteiger partial charge in [0.2, 0.25) is 0 Å². The first-order valence-electron chi connectivity index (χ1n) is 17.5. The molecule has 2 aliphatic rings. The predicted octanol–water partition coefficient (Wildman–Crippen LogP) is 10.9. The Kier molecular flexibility index (Phi) is 7.00. The van der Waals surface area contributed by atoms with Crippen molar-refractivity contribution in [2.75, 3.05) is 0 Å². The topological polar surface area (TPSA) is 86.7 Å². The molecule has 254 valence electrons. The van der Waals surface area contributed by atoms with Crippen LogP contribution in [0.2, 0.25) is 0 Å². The summed E-state index contributed by atoms with van der Waals surface area (Å²) in [5, 5.41) is 4.52. The summed E-state index contributed by atoms with van der Waals surface area (Å²) in [6, 6.07) is 51.5. The van der Waals surface area contributed by atoms with Crippen LogP contribution in [0.4, 0.5) is 0 Å². The fourth-order valence-electron chi connectivity index (χ4n) is 7.80. The lowest BCUT2D eigenvalue weighted by molar-refractivity contribution is 0.0425. The predicted molar refractivity (Wildman–Crippen MR) is 208 cm³/mol.